The van der Waals surface area contributed by atoms with Crippen LogP contribution >= 0.6 is 0 Å². The Bertz CT molecular complexity index is 653. The third-order valence-electron chi connectivity index (χ3n) is 4.40. The number of benzene rings is 1. The van der Waals surface area contributed by atoms with E-state index in [1.807, 2.05) is 37.3 Å². The number of amides is 1. The molecule has 0 saturated heterocycles. The zero-order valence-electron chi connectivity index (χ0n) is 13.4. The Labute approximate surface area is 136 Å². The normalized spacial score (nSPS) is 22.5. The Kier molecular flexibility index (Phi) is 4.76. The van der Waals surface area contributed by atoms with Gasteiger partial charge < -0.3 is 15.5 Å². The molecule has 1 aliphatic rings. The van der Waals surface area contributed by atoms with E-state index in [2.05, 4.69) is 10.3 Å². The van der Waals surface area contributed by atoms with E-state index in [1.54, 1.807) is 6.20 Å². The molecule has 3 unspecified atom stereocenters. The summed E-state index contributed by atoms with van der Waals surface area (Å²) in [6.07, 6.45) is 5.40. The van der Waals surface area contributed by atoms with Gasteiger partial charge in [-0.15, -0.1) is 0 Å². The summed E-state index contributed by atoms with van der Waals surface area (Å²) in [5.74, 6) is 1.29. The maximum atomic E-state index is 12.4. The number of hydrogen-bond donors (Lipinski definition) is 2. The van der Waals surface area contributed by atoms with Crippen molar-refractivity contribution in [2.45, 2.75) is 44.7 Å². The Morgan fingerprint density at radius 1 is 1.35 bits per heavy atom. The third kappa shape index (κ3) is 3.79. The highest BCUT2D eigenvalue weighted by Crippen LogP contribution is 2.26. The summed E-state index contributed by atoms with van der Waals surface area (Å²) in [5.41, 5.74) is 6.94. The van der Waals surface area contributed by atoms with Gasteiger partial charge in [0, 0.05) is 17.5 Å². The molecule has 5 nitrogen and oxygen atoms in total. The van der Waals surface area contributed by atoms with Crippen LogP contribution in [0, 0.1) is 5.92 Å². The van der Waals surface area contributed by atoms with Gasteiger partial charge in [-0.25, -0.2) is 4.98 Å². The largest absolute Gasteiger partial charge is 0.438 e. The molecule has 23 heavy (non-hydrogen) atoms. The summed E-state index contributed by atoms with van der Waals surface area (Å²) < 4.78 is 5.79. The predicted molar refractivity (Wildman–Crippen MR) is 88.4 cm³/mol. The van der Waals surface area contributed by atoms with Gasteiger partial charge in [0.15, 0.2) is 5.76 Å². The number of nitrogens with two attached hydrogens (primary N) is 1. The molecule has 1 amide bonds. The zero-order chi connectivity index (χ0) is 16.2. The number of carbonyl (C=O) groups excluding carboxylic acids is 1. The van der Waals surface area contributed by atoms with E-state index in [4.69, 9.17) is 10.2 Å². The van der Waals surface area contributed by atoms with E-state index in [9.17, 15) is 4.79 Å². The lowest BCUT2D eigenvalue weighted by molar-refractivity contribution is -0.126. The van der Waals surface area contributed by atoms with Gasteiger partial charge in [0.25, 0.3) is 0 Å². The quantitative estimate of drug-likeness (QED) is 0.909. The average molecular weight is 313 g/mol. The third-order valence-corrected chi connectivity index (χ3v) is 4.40. The first-order valence-electron chi connectivity index (χ1n) is 8.20. The van der Waals surface area contributed by atoms with Gasteiger partial charge in [-0.3, -0.25) is 4.79 Å². The van der Waals surface area contributed by atoms with Crippen molar-refractivity contribution in [1.29, 1.82) is 0 Å². The molecule has 3 N–H and O–H groups in total. The number of rotatable bonds is 4. The number of carbonyl (C=O) groups is 1. The van der Waals surface area contributed by atoms with E-state index < -0.39 is 0 Å². The molecule has 0 aliphatic heterocycles. The highest BCUT2D eigenvalue weighted by Gasteiger charge is 2.27. The SMILES string of the molecule is CC(NC(=O)C1CCCC(N)C1)c1ncc(-c2ccccc2)o1. The average Bonchev–Trinajstić information content (AvgIpc) is 3.06. The summed E-state index contributed by atoms with van der Waals surface area (Å²) in [4.78, 5) is 16.7. The lowest BCUT2D eigenvalue weighted by atomic mass is 9.85. The fraction of sp³-hybridized carbons (Fsp3) is 0.444. The summed E-state index contributed by atoms with van der Waals surface area (Å²) >= 11 is 0. The monoisotopic (exact) mass is 313 g/mol. The van der Waals surface area contributed by atoms with Crippen LogP contribution in [0.5, 0.6) is 0 Å². The van der Waals surface area contributed by atoms with Crippen molar-refractivity contribution in [1.82, 2.24) is 10.3 Å². The Balaban J connectivity index is 1.63. The topological polar surface area (TPSA) is 81.2 Å². The van der Waals surface area contributed by atoms with Gasteiger partial charge in [0.2, 0.25) is 11.8 Å². The van der Waals surface area contributed by atoms with Gasteiger partial charge in [0.1, 0.15) is 6.04 Å². The van der Waals surface area contributed by atoms with Crippen LogP contribution in [0.25, 0.3) is 11.3 Å². The van der Waals surface area contributed by atoms with Crippen molar-refractivity contribution < 1.29 is 9.21 Å². The Morgan fingerprint density at radius 2 is 2.13 bits per heavy atom. The molecule has 122 valence electrons. The molecular formula is C18H23N3O2. The fourth-order valence-electron chi connectivity index (χ4n) is 3.08. The first-order chi connectivity index (χ1) is 11.1. The van der Waals surface area contributed by atoms with Gasteiger partial charge >= 0.3 is 0 Å². The van der Waals surface area contributed by atoms with Crippen LogP contribution in [-0.4, -0.2) is 16.9 Å². The molecular weight excluding hydrogens is 290 g/mol. The van der Waals surface area contributed by atoms with E-state index >= 15 is 0 Å². The minimum atomic E-state index is -0.252. The molecule has 0 spiro atoms. The molecule has 3 atom stereocenters. The van der Waals surface area contributed by atoms with Gasteiger partial charge in [-0.05, 0) is 26.2 Å². The van der Waals surface area contributed by atoms with Gasteiger partial charge in [-0.1, -0.05) is 36.8 Å². The van der Waals surface area contributed by atoms with Crippen LogP contribution < -0.4 is 11.1 Å². The van der Waals surface area contributed by atoms with E-state index in [0.29, 0.717) is 11.7 Å². The van der Waals surface area contributed by atoms with Crippen molar-refractivity contribution in [3.8, 4) is 11.3 Å². The number of nitrogens with zero attached hydrogens (tertiary/aromatic N) is 1. The van der Waals surface area contributed by atoms with Crippen molar-refractivity contribution in [2.24, 2.45) is 11.7 Å². The number of hydrogen-bond acceptors (Lipinski definition) is 4. The molecule has 1 aromatic carbocycles. The summed E-state index contributed by atoms with van der Waals surface area (Å²) in [6, 6.07) is 9.69. The number of aromatic nitrogens is 1. The van der Waals surface area contributed by atoms with Gasteiger partial charge in [-0.2, -0.15) is 0 Å². The smallest absolute Gasteiger partial charge is 0.223 e. The fourth-order valence-corrected chi connectivity index (χ4v) is 3.08. The molecule has 1 fully saturated rings. The van der Waals surface area contributed by atoms with Crippen molar-refractivity contribution in [3.05, 3.63) is 42.4 Å². The second kappa shape index (κ2) is 6.96. The minimum absolute atomic E-state index is 0.00440. The van der Waals surface area contributed by atoms with E-state index in [-0.39, 0.29) is 23.9 Å². The maximum absolute atomic E-state index is 12.4. The second-order valence-electron chi connectivity index (χ2n) is 6.28. The molecule has 0 radical (unpaired) electrons. The van der Waals surface area contributed by atoms with Gasteiger partial charge in [0.05, 0.1) is 6.20 Å². The van der Waals surface area contributed by atoms with E-state index in [0.717, 1.165) is 31.2 Å². The summed E-state index contributed by atoms with van der Waals surface area (Å²) in [5, 5.41) is 3.00. The van der Waals surface area contributed by atoms with Crippen LogP contribution in [0.3, 0.4) is 0 Å². The highest BCUT2D eigenvalue weighted by atomic mass is 16.4. The molecule has 1 heterocycles. The van der Waals surface area contributed by atoms with E-state index in [1.165, 1.54) is 0 Å². The Hall–Kier alpha value is -2.14. The highest BCUT2D eigenvalue weighted by molar-refractivity contribution is 5.79. The van der Waals surface area contributed by atoms with Crippen LogP contribution in [0.4, 0.5) is 0 Å². The molecule has 1 saturated carbocycles. The molecule has 3 rings (SSSR count). The van der Waals surface area contributed by atoms with Crippen molar-refractivity contribution in [2.75, 3.05) is 0 Å². The molecule has 2 aromatic rings. The minimum Gasteiger partial charge on any atom is -0.438 e. The van der Waals surface area contributed by atoms with Crippen LogP contribution in [0.1, 0.15) is 44.5 Å². The first-order valence-corrected chi connectivity index (χ1v) is 8.20. The molecule has 1 aromatic heterocycles. The van der Waals surface area contributed by atoms with Crippen LogP contribution in [0.2, 0.25) is 0 Å². The first kappa shape index (κ1) is 15.7. The molecule has 0 bridgehead atoms. The summed E-state index contributed by atoms with van der Waals surface area (Å²) in [7, 11) is 0. The number of nitrogens with one attached hydrogen (secondary N) is 1. The number of oxazole rings is 1. The lowest BCUT2D eigenvalue weighted by Crippen LogP contribution is -2.38. The predicted octanol–water partition coefficient (Wildman–Crippen LogP) is 3.04. The van der Waals surface area contributed by atoms with Crippen LogP contribution in [-0.2, 0) is 4.79 Å². The zero-order valence-corrected chi connectivity index (χ0v) is 13.4. The second-order valence-corrected chi connectivity index (χ2v) is 6.28. The maximum Gasteiger partial charge on any atom is 0.223 e. The summed E-state index contributed by atoms with van der Waals surface area (Å²) in [6.45, 7) is 1.89. The van der Waals surface area contributed by atoms with Crippen molar-refractivity contribution in [3.63, 3.8) is 0 Å². The Morgan fingerprint density at radius 3 is 2.87 bits per heavy atom. The molecule has 5 heteroatoms. The molecule has 1 aliphatic carbocycles. The lowest BCUT2D eigenvalue weighted by Gasteiger charge is -2.26. The standard InChI is InChI=1S/C18H23N3O2/c1-12(21-17(22)14-8-5-9-15(19)10-14)18-20-11-16(23-18)13-6-3-2-4-7-13/h2-4,6-7,11-12,14-15H,5,8-10,19H2,1H3,(H,21,22). The van der Waals surface area contributed by atoms with Crippen molar-refractivity contribution >= 4 is 5.91 Å². The van der Waals surface area contributed by atoms with Crippen LogP contribution in [0.15, 0.2) is 40.9 Å².